The molecule has 0 radical (unpaired) electrons. The maximum atomic E-state index is 11.9. The molecule has 4 rings (SSSR count). The Kier molecular flexibility index (Phi) is 5.63. The van der Waals surface area contributed by atoms with Crippen molar-refractivity contribution in [2.45, 2.75) is 32.4 Å². The molecule has 6 heteroatoms. The molecular weight excluding hydrogens is 395 g/mol. The Morgan fingerprint density at radius 1 is 1.11 bits per heavy atom. The largest absolute Gasteiger partial charge is 0.489 e. The van der Waals surface area contributed by atoms with Crippen LogP contribution in [0.5, 0.6) is 5.75 Å². The van der Waals surface area contributed by atoms with Crippen molar-refractivity contribution >= 4 is 34.0 Å². The molecule has 146 valence electrons. The van der Waals surface area contributed by atoms with Gasteiger partial charge in [0.25, 0.3) is 5.56 Å². The lowest BCUT2D eigenvalue weighted by Crippen LogP contribution is -2.37. The van der Waals surface area contributed by atoms with Crippen molar-refractivity contribution in [2.75, 3.05) is 13.1 Å². The zero-order valence-electron chi connectivity index (χ0n) is 15.7. The van der Waals surface area contributed by atoms with E-state index in [-0.39, 0.29) is 11.7 Å². The fourth-order valence-electron chi connectivity index (χ4n) is 3.67. The standard InChI is InChI=1S/C22H22Cl2N2O2/c1-14-2-3-16(19(23)10-14)13-26-8-5-17(6-9-26)28-21-11-15-4-7-25-22(27)18(15)12-20(21)24/h2-4,7,10-12,17H,5-6,8-9,13H2,1H3,(H,25,27). The zero-order valence-corrected chi connectivity index (χ0v) is 17.2. The Bertz CT molecular complexity index is 1060. The van der Waals surface area contributed by atoms with E-state index >= 15 is 0 Å². The van der Waals surface area contributed by atoms with Gasteiger partial charge >= 0.3 is 0 Å². The number of benzene rings is 2. The van der Waals surface area contributed by atoms with Crippen LogP contribution in [0.1, 0.15) is 24.0 Å². The quantitative estimate of drug-likeness (QED) is 0.636. The molecule has 0 unspecified atom stereocenters. The van der Waals surface area contributed by atoms with Crippen molar-refractivity contribution < 1.29 is 4.74 Å². The van der Waals surface area contributed by atoms with Gasteiger partial charge in [-0.05, 0) is 60.5 Å². The normalized spacial score (nSPS) is 15.8. The van der Waals surface area contributed by atoms with Crippen molar-refractivity contribution in [2.24, 2.45) is 0 Å². The maximum Gasteiger partial charge on any atom is 0.255 e. The van der Waals surface area contributed by atoms with Crippen LogP contribution in [0.3, 0.4) is 0 Å². The molecule has 0 amide bonds. The monoisotopic (exact) mass is 416 g/mol. The van der Waals surface area contributed by atoms with Crippen LogP contribution in [0.25, 0.3) is 10.8 Å². The summed E-state index contributed by atoms with van der Waals surface area (Å²) >= 11 is 12.7. The second-order valence-electron chi connectivity index (χ2n) is 7.36. The highest BCUT2D eigenvalue weighted by Gasteiger charge is 2.22. The smallest absolute Gasteiger partial charge is 0.255 e. The number of rotatable bonds is 4. The summed E-state index contributed by atoms with van der Waals surface area (Å²) in [6, 6.07) is 11.6. The fraction of sp³-hybridized carbons (Fsp3) is 0.318. The molecule has 1 aliphatic heterocycles. The summed E-state index contributed by atoms with van der Waals surface area (Å²) in [6.07, 6.45) is 3.60. The van der Waals surface area contributed by atoms with Crippen LogP contribution in [-0.4, -0.2) is 29.1 Å². The molecule has 2 heterocycles. The Labute approximate surface area is 174 Å². The molecule has 0 aliphatic carbocycles. The van der Waals surface area contributed by atoms with Gasteiger partial charge in [-0.15, -0.1) is 0 Å². The first-order valence-electron chi connectivity index (χ1n) is 9.44. The molecule has 28 heavy (non-hydrogen) atoms. The molecule has 1 N–H and O–H groups in total. The predicted molar refractivity (Wildman–Crippen MR) is 115 cm³/mol. The lowest BCUT2D eigenvalue weighted by atomic mass is 10.1. The number of aromatic nitrogens is 1. The van der Waals surface area contributed by atoms with Gasteiger partial charge in [-0.1, -0.05) is 35.3 Å². The van der Waals surface area contributed by atoms with E-state index in [1.165, 1.54) is 5.56 Å². The molecule has 0 spiro atoms. The predicted octanol–water partition coefficient (Wildman–Crippen LogP) is 5.19. The van der Waals surface area contributed by atoms with E-state index in [0.717, 1.165) is 48.4 Å². The van der Waals surface area contributed by atoms with Crippen LogP contribution in [-0.2, 0) is 6.54 Å². The highest BCUT2D eigenvalue weighted by Crippen LogP contribution is 2.31. The van der Waals surface area contributed by atoms with Crippen molar-refractivity contribution in [3.8, 4) is 5.75 Å². The number of nitrogens with one attached hydrogen (secondary N) is 1. The van der Waals surface area contributed by atoms with Crippen LogP contribution in [0.15, 0.2) is 47.4 Å². The third-order valence-corrected chi connectivity index (χ3v) is 5.90. The Balaban J connectivity index is 1.40. The highest BCUT2D eigenvalue weighted by atomic mass is 35.5. The average molecular weight is 417 g/mol. The van der Waals surface area contributed by atoms with Gasteiger partial charge in [-0.2, -0.15) is 0 Å². The zero-order chi connectivity index (χ0) is 19.7. The lowest BCUT2D eigenvalue weighted by molar-refractivity contribution is 0.0970. The van der Waals surface area contributed by atoms with Crippen molar-refractivity contribution in [1.29, 1.82) is 0 Å². The van der Waals surface area contributed by atoms with E-state index < -0.39 is 0 Å². The number of H-pyrrole nitrogens is 1. The Morgan fingerprint density at radius 2 is 1.89 bits per heavy atom. The lowest BCUT2D eigenvalue weighted by Gasteiger charge is -2.32. The number of aryl methyl sites for hydroxylation is 1. The average Bonchev–Trinajstić information content (AvgIpc) is 2.67. The maximum absolute atomic E-state index is 11.9. The highest BCUT2D eigenvalue weighted by molar-refractivity contribution is 6.33. The van der Waals surface area contributed by atoms with Crippen molar-refractivity contribution in [1.82, 2.24) is 9.88 Å². The van der Waals surface area contributed by atoms with E-state index in [1.54, 1.807) is 12.3 Å². The van der Waals surface area contributed by atoms with E-state index in [2.05, 4.69) is 22.0 Å². The first-order valence-corrected chi connectivity index (χ1v) is 10.2. The van der Waals surface area contributed by atoms with Crippen LogP contribution >= 0.6 is 23.2 Å². The molecule has 1 fully saturated rings. The summed E-state index contributed by atoms with van der Waals surface area (Å²) in [5, 5.41) is 2.70. The van der Waals surface area contributed by atoms with Crippen LogP contribution in [0, 0.1) is 6.92 Å². The number of pyridine rings is 1. The van der Waals surface area contributed by atoms with Crippen LogP contribution < -0.4 is 10.3 Å². The molecule has 1 aromatic heterocycles. The number of aromatic amines is 1. The summed E-state index contributed by atoms with van der Waals surface area (Å²) < 4.78 is 6.18. The van der Waals surface area contributed by atoms with Gasteiger partial charge in [0.1, 0.15) is 11.9 Å². The molecule has 0 bridgehead atoms. The van der Waals surface area contributed by atoms with Gasteiger partial charge < -0.3 is 9.72 Å². The molecular formula is C22H22Cl2N2O2. The van der Waals surface area contributed by atoms with Gasteiger partial charge in [0, 0.05) is 36.2 Å². The molecule has 1 aliphatic rings. The molecule has 4 nitrogen and oxygen atoms in total. The van der Waals surface area contributed by atoms with Gasteiger partial charge in [0.05, 0.1) is 5.02 Å². The number of hydrogen-bond donors (Lipinski definition) is 1. The van der Waals surface area contributed by atoms with Gasteiger partial charge in [-0.25, -0.2) is 0 Å². The summed E-state index contributed by atoms with van der Waals surface area (Å²) in [5.41, 5.74) is 2.19. The first kappa shape index (κ1) is 19.3. The molecule has 1 saturated heterocycles. The van der Waals surface area contributed by atoms with E-state index in [0.29, 0.717) is 16.2 Å². The minimum Gasteiger partial charge on any atom is -0.489 e. The second kappa shape index (κ2) is 8.16. The van der Waals surface area contributed by atoms with Gasteiger partial charge in [0.2, 0.25) is 0 Å². The number of likely N-dealkylation sites (tertiary alicyclic amines) is 1. The summed E-state index contributed by atoms with van der Waals surface area (Å²) in [7, 11) is 0. The van der Waals surface area contributed by atoms with E-state index in [1.807, 2.05) is 25.1 Å². The third-order valence-electron chi connectivity index (χ3n) is 5.26. The summed E-state index contributed by atoms with van der Waals surface area (Å²) in [5.74, 6) is 0.639. The van der Waals surface area contributed by atoms with E-state index in [4.69, 9.17) is 27.9 Å². The SMILES string of the molecule is Cc1ccc(CN2CCC(Oc3cc4cc[nH]c(=O)c4cc3Cl)CC2)c(Cl)c1. The fourth-order valence-corrected chi connectivity index (χ4v) is 4.17. The van der Waals surface area contributed by atoms with Crippen LogP contribution in [0.4, 0.5) is 0 Å². The number of piperidine rings is 1. The Morgan fingerprint density at radius 3 is 2.64 bits per heavy atom. The Hall–Kier alpha value is -2.01. The van der Waals surface area contributed by atoms with E-state index in [9.17, 15) is 4.79 Å². The van der Waals surface area contributed by atoms with Crippen molar-refractivity contribution in [3.63, 3.8) is 0 Å². The number of ether oxygens (including phenoxy) is 1. The minimum atomic E-state index is -0.144. The topological polar surface area (TPSA) is 45.3 Å². The molecule has 2 aromatic carbocycles. The summed E-state index contributed by atoms with van der Waals surface area (Å²) in [4.78, 5) is 17.0. The number of fused-ring (bicyclic) bond motifs is 1. The van der Waals surface area contributed by atoms with Crippen molar-refractivity contribution in [3.05, 3.63) is 74.1 Å². The number of nitrogens with zero attached hydrogens (tertiary/aromatic N) is 1. The minimum absolute atomic E-state index is 0.113. The number of hydrogen-bond acceptors (Lipinski definition) is 3. The second-order valence-corrected chi connectivity index (χ2v) is 8.18. The number of halogens is 2. The summed E-state index contributed by atoms with van der Waals surface area (Å²) in [6.45, 7) is 4.79. The first-order chi connectivity index (χ1) is 13.5. The molecule has 0 saturated carbocycles. The molecule has 0 atom stereocenters. The van der Waals surface area contributed by atoms with Crippen LogP contribution in [0.2, 0.25) is 10.0 Å². The van der Waals surface area contributed by atoms with Gasteiger partial charge in [-0.3, -0.25) is 9.69 Å². The third kappa shape index (κ3) is 4.19. The molecule has 3 aromatic rings. The van der Waals surface area contributed by atoms with Gasteiger partial charge in [0.15, 0.2) is 0 Å².